The van der Waals surface area contributed by atoms with Gasteiger partial charge in [0.15, 0.2) is 12.7 Å². The van der Waals surface area contributed by atoms with Gasteiger partial charge in [0.1, 0.15) is 11.5 Å². The number of sulfonamides is 1. The molecule has 0 aliphatic carbocycles. The van der Waals surface area contributed by atoms with Crippen LogP contribution in [0.3, 0.4) is 0 Å². The van der Waals surface area contributed by atoms with E-state index in [2.05, 4.69) is 5.32 Å². The van der Waals surface area contributed by atoms with Gasteiger partial charge < -0.3 is 19.7 Å². The molecule has 1 N–H and O–H groups in total. The van der Waals surface area contributed by atoms with Crippen molar-refractivity contribution in [3.05, 3.63) is 84.4 Å². The summed E-state index contributed by atoms with van der Waals surface area (Å²) >= 11 is 0. The van der Waals surface area contributed by atoms with E-state index in [1.54, 1.807) is 38.1 Å². The van der Waals surface area contributed by atoms with E-state index >= 15 is 0 Å². The summed E-state index contributed by atoms with van der Waals surface area (Å²) < 4.78 is 38.3. The fraction of sp³-hybridized carbons (Fsp3) is 0.286. The number of rotatable bonds is 10. The number of nitrogens with one attached hydrogen (secondary N) is 1. The van der Waals surface area contributed by atoms with Crippen molar-refractivity contribution in [2.75, 3.05) is 31.1 Å². The first-order valence-electron chi connectivity index (χ1n) is 12.4. The van der Waals surface area contributed by atoms with E-state index in [0.717, 1.165) is 5.56 Å². The highest BCUT2D eigenvalue weighted by molar-refractivity contribution is 7.89. The Hall–Kier alpha value is -3.89. The van der Waals surface area contributed by atoms with Crippen molar-refractivity contribution in [3.63, 3.8) is 0 Å². The summed E-state index contributed by atoms with van der Waals surface area (Å²) in [4.78, 5) is 27.7. The van der Waals surface area contributed by atoms with Gasteiger partial charge in [0.2, 0.25) is 10.0 Å². The maximum atomic E-state index is 13.2. The van der Waals surface area contributed by atoms with E-state index in [0.29, 0.717) is 36.8 Å². The molecule has 200 valence electrons. The molecule has 0 aromatic heterocycles. The van der Waals surface area contributed by atoms with Gasteiger partial charge in [-0.2, -0.15) is 4.31 Å². The second-order valence-electron chi connectivity index (χ2n) is 8.63. The van der Waals surface area contributed by atoms with Crippen LogP contribution in [0.25, 0.3) is 0 Å². The molecule has 4 rings (SSSR count). The van der Waals surface area contributed by atoms with Crippen LogP contribution >= 0.6 is 0 Å². The number of fused-ring (bicyclic) bond motifs is 1. The van der Waals surface area contributed by atoms with Gasteiger partial charge in [-0.3, -0.25) is 9.59 Å². The van der Waals surface area contributed by atoms with E-state index in [1.165, 1.54) is 33.5 Å². The number of anilines is 1. The summed E-state index contributed by atoms with van der Waals surface area (Å²) in [5.41, 5.74) is 1.50. The highest BCUT2D eigenvalue weighted by Crippen LogP contribution is 2.33. The SMILES string of the molecule is CCN(CC)S(=O)(=O)c1ccc(OCC(=O)N2C[C@@H](C(=O)NCc3ccccc3)Oc3ccccc32)cc1. The minimum absolute atomic E-state index is 0.0287. The van der Waals surface area contributed by atoms with Gasteiger partial charge in [-0.25, -0.2) is 8.42 Å². The van der Waals surface area contributed by atoms with Crippen LogP contribution in [-0.2, 0) is 26.2 Å². The Morgan fingerprint density at radius 1 is 0.974 bits per heavy atom. The minimum atomic E-state index is -3.59. The summed E-state index contributed by atoms with van der Waals surface area (Å²) in [5, 5.41) is 2.86. The summed E-state index contributed by atoms with van der Waals surface area (Å²) in [7, 11) is -3.59. The number of hydrogen-bond donors (Lipinski definition) is 1. The zero-order valence-electron chi connectivity index (χ0n) is 21.4. The summed E-state index contributed by atoms with van der Waals surface area (Å²) in [6.45, 7) is 4.39. The molecule has 3 aromatic rings. The van der Waals surface area contributed by atoms with E-state index in [4.69, 9.17) is 9.47 Å². The smallest absolute Gasteiger partial charge is 0.265 e. The lowest BCUT2D eigenvalue weighted by Crippen LogP contribution is -2.51. The Morgan fingerprint density at radius 2 is 1.63 bits per heavy atom. The molecule has 0 bridgehead atoms. The molecule has 3 aromatic carbocycles. The fourth-order valence-corrected chi connectivity index (χ4v) is 5.61. The lowest BCUT2D eigenvalue weighted by Gasteiger charge is -2.34. The highest BCUT2D eigenvalue weighted by Gasteiger charge is 2.34. The van der Waals surface area contributed by atoms with Crippen LogP contribution in [0.2, 0.25) is 0 Å². The number of nitrogens with zero attached hydrogens (tertiary/aromatic N) is 2. The first-order valence-corrected chi connectivity index (χ1v) is 13.9. The molecule has 1 atom stereocenters. The fourth-order valence-electron chi connectivity index (χ4n) is 4.15. The van der Waals surface area contributed by atoms with E-state index in [1.807, 2.05) is 30.3 Å². The summed E-state index contributed by atoms with van der Waals surface area (Å²) in [6.07, 6.45) is -0.887. The second kappa shape index (κ2) is 12.1. The van der Waals surface area contributed by atoms with Crippen LogP contribution in [0.1, 0.15) is 19.4 Å². The molecule has 38 heavy (non-hydrogen) atoms. The van der Waals surface area contributed by atoms with E-state index < -0.39 is 16.1 Å². The second-order valence-corrected chi connectivity index (χ2v) is 10.6. The van der Waals surface area contributed by atoms with Crippen molar-refractivity contribution in [1.82, 2.24) is 9.62 Å². The van der Waals surface area contributed by atoms with Crippen molar-refractivity contribution in [3.8, 4) is 11.5 Å². The number of amides is 2. The van der Waals surface area contributed by atoms with Crippen molar-refractivity contribution in [2.45, 2.75) is 31.4 Å². The first-order chi connectivity index (χ1) is 18.3. The molecule has 9 nitrogen and oxygen atoms in total. The van der Waals surface area contributed by atoms with Crippen molar-refractivity contribution < 1.29 is 27.5 Å². The third-order valence-electron chi connectivity index (χ3n) is 6.21. The summed E-state index contributed by atoms with van der Waals surface area (Å²) in [5.74, 6) is 0.0991. The van der Waals surface area contributed by atoms with Crippen LogP contribution in [0, 0.1) is 0 Å². The largest absolute Gasteiger partial charge is 0.484 e. The maximum absolute atomic E-state index is 13.2. The molecular formula is C28H31N3O6S. The molecule has 2 amide bonds. The predicted molar refractivity (Wildman–Crippen MR) is 144 cm³/mol. The van der Waals surface area contributed by atoms with Gasteiger partial charge in [0.05, 0.1) is 17.1 Å². The van der Waals surface area contributed by atoms with E-state index in [9.17, 15) is 18.0 Å². The highest BCUT2D eigenvalue weighted by atomic mass is 32.2. The topological polar surface area (TPSA) is 105 Å². The lowest BCUT2D eigenvalue weighted by atomic mass is 10.1. The lowest BCUT2D eigenvalue weighted by molar-refractivity contribution is -0.128. The number of ether oxygens (including phenoxy) is 2. The number of benzene rings is 3. The van der Waals surface area contributed by atoms with Gasteiger partial charge >= 0.3 is 0 Å². The average molecular weight is 538 g/mol. The first kappa shape index (κ1) is 27.2. The Bertz CT molecular complexity index is 1360. The molecule has 0 saturated carbocycles. The van der Waals surface area contributed by atoms with Crippen LogP contribution in [0.15, 0.2) is 83.8 Å². The molecule has 0 spiro atoms. The van der Waals surface area contributed by atoms with Crippen LogP contribution in [0.4, 0.5) is 5.69 Å². The molecule has 1 heterocycles. The Balaban J connectivity index is 1.41. The van der Waals surface area contributed by atoms with Crippen molar-refractivity contribution in [1.29, 1.82) is 0 Å². The zero-order valence-corrected chi connectivity index (χ0v) is 22.2. The molecule has 1 aliphatic heterocycles. The average Bonchev–Trinajstić information content (AvgIpc) is 2.95. The predicted octanol–water partition coefficient (Wildman–Crippen LogP) is 3.21. The monoisotopic (exact) mass is 537 g/mol. The third-order valence-corrected chi connectivity index (χ3v) is 8.27. The van der Waals surface area contributed by atoms with Gasteiger partial charge in [-0.05, 0) is 42.0 Å². The Kier molecular flexibility index (Phi) is 8.65. The molecule has 0 saturated heterocycles. The molecule has 10 heteroatoms. The van der Waals surface area contributed by atoms with Gasteiger partial charge in [-0.1, -0.05) is 56.3 Å². The molecule has 0 unspecified atom stereocenters. The Morgan fingerprint density at radius 3 is 2.32 bits per heavy atom. The van der Waals surface area contributed by atoms with Crippen molar-refractivity contribution >= 4 is 27.5 Å². The van der Waals surface area contributed by atoms with E-state index in [-0.39, 0.29) is 29.9 Å². The number of para-hydroxylation sites is 2. The van der Waals surface area contributed by atoms with Crippen LogP contribution in [0.5, 0.6) is 11.5 Å². The Labute approximate surface area is 223 Å². The van der Waals surface area contributed by atoms with Crippen LogP contribution in [-0.4, -0.2) is 56.9 Å². The van der Waals surface area contributed by atoms with Crippen LogP contribution < -0.4 is 19.7 Å². The quantitative estimate of drug-likeness (QED) is 0.426. The normalized spacial score (nSPS) is 14.9. The van der Waals surface area contributed by atoms with Gasteiger partial charge in [-0.15, -0.1) is 0 Å². The molecule has 1 aliphatic rings. The number of carbonyl (C=O) groups excluding carboxylic acids is 2. The van der Waals surface area contributed by atoms with Gasteiger partial charge in [0, 0.05) is 19.6 Å². The standard InChI is InChI=1S/C28H31N3O6S/c1-3-30(4-2)38(34,35)23-16-14-22(15-17-23)36-20-27(32)31-19-26(37-25-13-9-8-12-24(25)31)28(33)29-18-21-10-6-5-7-11-21/h5-17,26H,3-4,18-20H2,1-2H3,(H,29,33)/t26-/m0/s1. The maximum Gasteiger partial charge on any atom is 0.265 e. The number of carbonyl (C=O) groups is 2. The van der Waals surface area contributed by atoms with Gasteiger partial charge in [0.25, 0.3) is 11.8 Å². The minimum Gasteiger partial charge on any atom is -0.484 e. The zero-order chi connectivity index (χ0) is 27.1. The molecule has 0 radical (unpaired) electrons. The van der Waals surface area contributed by atoms with Crippen molar-refractivity contribution in [2.24, 2.45) is 0 Å². The summed E-state index contributed by atoms with van der Waals surface area (Å²) in [6, 6.07) is 22.5. The molecule has 0 fully saturated rings. The number of hydrogen-bond acceptors (Lipinski definition) is 6. The third kappa shape index (κ3) is 6.15. The molecular weight excluding hydrogens is 506 g/mol.